The fraction of sp³-hybridized carbons (Fsp3) is 0.211. The number of methoxy groups -OCH3 is 1. The maximum atomic E-state index is 5.18. The Morgan fingerprint density at radius 1 is 1.04 bits per heavy atom. The summed E-state index contributed by atoms with van der Waals surface area (Å²) >= 11 is 1.84. The molecule has 1 N–H and O–H groups in total. The second kappa shape index (κ2) is 7.38. The van der Waals surface area contributed by atoms with Crippen molar-refractivity contribution in [3.63, 3.8) is 0 Å². The van der Waals surface area contributed by atoms with E-state index in [1.165, 1.54) is 15.8 Å². The minimum absolute atomic E-state index is 0.742. The molecule has 1 aromatic heterocycles. The second-order valence-corrected chi connectivity index (χ2v) is 6.52. The summed E-state index contributed by atoms with van der Waals surface area (Å²) in [6.45, 7) is 2.90. The van der Waals surface area contributed by atoms with Gasteiger partial charge in [0.05, 0.1) is 12.6 Å². The fourth-order valence-corrected chi connectivity index (χ4v) is 3.08. The SMILES string of the molecule is CCSc1ccc2ccc(NCc3ccc(OC)cc3)nc2c1. The van der Waals surface area contributed by atoms with Gasteiger partial charge in [0.1, 0.15) is 11.6 Å². The van der Waals surface area contributed by atoms with Crippen LogP contribution in [0.25, 0.3) is 10.9 Å². The smallest absolute Gasteiger partial charge is 0.126 e. The van der Waals surface area contributed by atoms with Crippen LogP contribution in [0.5, 0.6) is 5.75 Å². The van der Waals surface area contributed by atoms with Crippen LogP contribution in [0.3, 0.4) is 0 Å². The highest BCUT2D eigenvalue weighted by Crippen LogP contribution is 2.23. The summed E-state index contributed by atoms with van der Waals surface area (Å²) in [5, 5.41) is 4.55. The van der Waals surface area contributed by atoms with Crippen LogP contribution < -0.4 is 10.1 Å². The summed E-state index contributed by atoms with van der Waals surface area (Å²) in [7, 11) is 1.68. The van der Waals surface area contributed by atoms with E-state index >= 15 is 0 Å². The summed E-state index contributed by atoms with van der Waals surface area (Å²) in [6.07, 6.45) is 0. The summed E-state index contributed by atoms with van der Waals surface area (Å²) < 4.78 is 5.18. The standard InChI is InChI=1S/C19H20N2OS/c1-3-23-17-10-6-15-7-11-19(21-18(15)12-17)20-13-14-4-8-16(22-2)9-5-14/h4-12H,3,13H2,1-2H3,(H,20,21). The minimum Gasteiger partial charge on any atom is -0.497 e. The van der Waals surface area contributed by atoms with E-state index in [9.17, 15) is 0 Å². The number of pyridine rings is 1. The van der Waals surface area contributed by atoms with Crippen molar-refractivity contribution in [1.29, 1.82) is 0 Å². The van der Waals surface area contributed by atoms with E-state index in [4.69, 9.17) is 9.72 Å². The van der Waals surface area contributed by atoms with E-state index in [2.05, 4.69) is 48.6 Å². The van der Waals surface area contributed by atoms with Crippen molar-refractivity contribution in [3.8, 4) is 5.75 Å². The number of hydrogen-bond acceptors (Lipinski definition) is 4. The Hall–Kier alpha value is -2.20. The molecule has 0 amide bonds. The first kappa shape index (κ1) is 15.7. The third-order valence-corrected chi connectivity index (χ3v) is 4.48. The van der Waals surface area contributed by atoms with E-state index in [0.717, 1.165) is 29.4 Å². The quantitative estimate of drug-likeness (QED) is 0.649. The van der Waals surface area contributed by atoms with Crippen LogP contribution in [0.1, 0.15) is 12.5 Å². The zero-order valence-corrected chi connectivity index (χ0v) is 14.2. The Labute approximate surface area is 141 Å². The molecule has 0 spiro atoms. The largest absolute Gasteiger partial charge is 0.497 e. The van der Waals surface area contributed by atoms with Gasteiger partial charge >= 0.3 is 0 Å². The highest BCUT2D eigenvalue weighted by molar-refractivity contribution is 7.99. The lowest BCUT2D eigenvalue weighted by atomic mass is 10.2. The third-order valence-electron chi connectivity index (χ3n) is 3.61. The number of thioether (sulfide) groups is 1. The lowest BCUT2D eigenvalue weighted by Crippen LogP contribution is -2.01. The molecule has 0 aliphatic rings. The topological polar surface area (TPSA) is 34.1 Å². The van der Waals surface area contributed by atoms with Crippen molar-refractivity contribution in [2.45, 2.75) is 18.4 Å². The molecular formula is C19H20N2OS. The first-order chi connectivity index (χ1) is 11.3. The van der Waals surface area contributed by atoms with Crippen LogP contribution in [0.2, 0.25) is 0 Å². The molecule has 0 radical (unpaired) electrons. The summed E-state index contributed by atoms with van der Waals surface area (Å²) in [4.78, 5) is 5.98. The average Bonchev–Trinajstić information content (AvgIpc) is 2.60. The molecule has 3 aromatic rings. The van der Waals surface area contributed by atoms with Gasteiger partial charge in [-0.15, -0.1) is 11.8 Å². The molecule has 2 aromatic carbocycles. The van der Waals surface area contributed by atoms with Gasteiger partial charge in [-0.25, -0.2) is 4.98 Å². The van der Waals surface area contributed by atoms with Gasteiger partial charge in [0.25, 0.3) is 0 Å². The Morgan fingerprint density at radius 3 is 2.57 bits per heavy atom. The summed E-state index contributed by atoms with van der Waals surface area (Å²) in [5.41, 5.74) is 2.23. The Kier molecular flexibility index (Phi) is 5.03. The number of nitrogens with one attached hydrogen (secondary N) is 1. The van der Waals surface area contributed by atoms with Crippen LogP contribution >= 0.6 is 11.8 Å². The lowest BCUT2D eigenvalue weighted by molar-refractivity contribution is 0.414. The van der Waals surface area contributed by atoms with Crippen molar-refractivity contribution >= 4 is 28.5 Å². The molecule has 0 saturated carbocycles. The monoisotopic (exact) mass is 324 g/mol. The molecular weight excluding hydrogens is 304 g/mol. The van der Waals surface area contributed by atoms with Crippen LogP contribution in [0, 0.1) is 0 Å². The van der Waals surface area contributed by atoms with E-state index in [-0.39, 0.29) is 0 Å². The van der Waals surface area contributed by atoms with E-state index in [0.29, 0.717) is 0 Å². The molecule has 0 aliphatic heterocycles. The normalized spacial score (nSPS) is 10.7. The van der Waals surface area contributed by atoms with Gasteiger partial charge in [-0.05, 0) is 47.7 Å². The van der Waals surface area contributed by atoms with Crippen molar-refractivity contribution in [2.75, 3.05) is 18.2 Å². The molecule has 0 unspecified atom stereocenters. The third kappa shape index (κ3) is 3.96. The van der Waals surface area contributed by atoms with Crippen molar-refractivity contribution < 1.29 is 4.74 Å². The van der Waals surface area contributed by atoms with Gasteiger partial charge < -0.3 is 10.1 Å². The molecule has 0 bridgehead atoms. The van der Waals surface area contributed by atoms with Gasteiger partial charge in [-0.2, -0.15) is 0 Å². The van der Waals surface area contributed by atoms with Crippen LogP contribution in [0.15, 0.2) is 59.5 Å². The number of aromatic nitrogens is 1. The van der Waals surface area contributed by atoms with Crippen molar-refractivity contribution in [3.05, 3.63) is 60.2 Å². The van der Waals surface area contributed by atoms with Crippen molar-refractivity contribution in [1.82, 2.24) is 4.98 Å². The summed E-state index contributed by atoms with van der Waals surface area (Å²) in [5.74, 6) is 2.84. The number of benzene rings is 2. The molecule has 3 rings (SSSR count). The zero-order valence-electron chi connectivity index (χ0n) is 13.4. The predicted octanol–water partition coefficient (Wildman–Crippen LogP) is 4.97. The lowest BCUT2D eigenvalue weighted by Gasteiger charge is -2.08. The van der Waals surface area contributed by atoms with E-state index < -0.39 is 0 Å². The van der Waals surface area contributed by atoms with Gasteiger partial charge in [0.15, 0.2) is 0 Å². The molecule has 4 heteroatoms. The number of rotatable bonds is 6. The predicted molar refractivity (Wildman–Crippen MR) is 98.5 cm³/mol. The van der Waals surface area contributed by atoms with E-state index in [1.54, 1.807) is 7.11 Å². The number of fused-ring (bicyclic) bond motifs is 1. The number of ether oxygens (including phenoxy) is 1. The van der Waals surface area contributed by atoms with Gasteiger partial charge in [-0.3, -0.25) is 0 Å². The highest BCUT2D eigenvalue weighted by Gasteiger charge is 2.01. The number of anilines is 1. The minimum atomic E-state index is 0.742. The van der Waals surface area contributed by atoms with Gasteiger partial charge in [0, 0.05) is 16.8 Å². The number of hydrogen-bond donors (Lipinski definition) is 1. The zero-order chi connectivity index (χ0) is 16.1. The maximum Gasteiger partial charge on any atom is 0.126 e. The van der Waals surface area contributed by atoms with Crippen molar-refractivity contribution in [2.24, 2.45) is 0 Å². The molecule has 0 fully saturated rings. The van der Waals surface area contributed by atoms with Crippen LogP contribution in [-0.4, -0.2) is 17.8 Å². The molecule has 0 atom stereocenters. The Balaban J connectivity index is 1.73. The highest BCUT2D eigenvalue weighted by atomic mass is 32.2. The molecule has 1 heterocycles. The molecule has 0 saturated heterocycles. The van der Waals surface area contributed by atoms with Crippen LogP contribution in [0.4, 0.5) is 5.82 Å². The van der Waals surface area contributed by atoms with E-state index in [1.807, 2.05) is 30.0 Å². The molecule has 23 heavy (non-hydrogen) atoms. The number of nitrogens with zero attached hydrogens (tertiary/aromatic N) is 1. The fourth-order valence-electron chi connectivity index (χ4n) is 2.39. The van der Waals surface area contributed by atoms with Gasteiger partial charge in [-0.1, -0.05) is 25.1 Å². The summed E-state index contributed by atoms with van der Waals surface area (Å²) in [6, 6.07) is 18.6. The Morgan fingerprint density at radius 2 is 1.83 bits per heavy atom. The Bertz CT molecular complexity index is 787. The van der Waals surface area contributed by atoms with Gasteiger partial charge in [0.2, 0.25) is 0 Å². The first-order valence-electron chi connectivity index (χ1n) is 7.69. The molecule has 118 valence electrons. The average molecular weight is 324 g/mol. The van der Waals surface area contributed by atoms with Crippen LogP contribution in [-0.2, 0) is 6.54 Å². The second-order valence-electron chi connectivity index (χ2n) is 5.19. The first-order valence-corrected chi connectivity index (χ1v) is 8.67. The molecule has 3 nitrogen and oxygen atoms in total. The molecule has 0 aliphatic carbocycles. The maximum absolute atomic E-state index is 5.18.